The molecule has 1 aromatic carbocycles. The van der Waals surface area contributed by atoms with Crippen LogP contribution < -0.4 is 10.6 Å². The van der Waals surface area contributed by atoms with E-state index < -0.39 is 0 Å². The van der Waals surface area contributed by atoms with Crippen LogP contribution in [0.15, 0.2) is 46.9 Å². The Morgan fingerprint density at radius 1 is 1.19 bits per heavy atom. The van der Waals surface area contributed by atoms with Crippen molar-refractivity contribution >= 4 is 52.2 Å². The lowest BCUT2D eigenvalue weighted by molar-refractivity contribution is 0.629. The lowest BCUT2D eigenvalue weighted by Gasteiger charge is -2.12. The van der Waals surface area contributed by atoms with Crippen molar-refractivity contribution in [3.63, 3.8) is 0 Å². The molecule has 4 rings (SSSR count). The minimum atomic E-state index is -0.234. The summed E-state index contributed by atoms with van der Waals surface area (Å²) in [5.41, 5.74) is 1.96. The fourth-order valence-corrected chi connectivity index (χ4v) is 4.06. The van der Waals surface area contributed by atoms with Gasteiger partial charge in [0.05, 0.1) is 0 Å². The van der Waals surface area contributed by atoms with Crippen molar-refractivity contribution in [1.29, 1.82) is 0 Å². The number of thiophene rings is 1. The van der Waals surface area contributed by atoms with Gasteiger partial charge in [-0.2, -0.15) is 0 Å². The summed E-state index contributed by atoms with van der Waals surface area (Å²) in [6.07, 6.45) is 3.67. The lowest BCUT2D eigenvalue weighted by Crippen LogP contribution is -2.39. The Hall–Kier alpha value is -2.47. The molecule has 10 heteroatoms. The fraction of sp³-hybridized carbons (Fsp3) is 0.318. The van der Waals surface area contributed by atoms with Crippen molar-refractivity contribution in [1.82, 2.24) is 30.4 Å². The molecule has 0 aliphatic heterocycles. The number of aromatic nitrogens is 4. The molecule has 170 valence electrons. The molecule has 7 nitrogen and oxygen atoms in total. The van der Waals surface area contributed by atoms with E-state index in [4.69, 9.17) is 4.99 Å². The van der Waals surface area contributed by atoms with E-state index >= 15 is 0 Å². The first-order valence-corrected chi connectivity index (χ1v) is 11.1. The van der Waals surface area contributed by atoms with Gasteiger partial charge in [-0.05, 0) is 55.0 Å². The molecule has 0 unspecified atom stereocenters. The number of guanidine groups is 1. The predicted octanol–water partition coefficient (Wildman–Crippen LogP) is 3.94. The van der Waals surface area contributed by atoms with E-state index in [1.165, 1.54) is 17.0 Å². The van der Waals surface area contributed by atoms with Crippen LogP contribution in [-0.4, -0.2) is 38.8 Å². The predicted molar refractivity (Wildman–Crippen MR) is 138 cm³/mol. The molecule has 0 fully saturated rings. The molecule has 3 heterocycles. The summed E-state index contributed by atoms with van der Waals surface area (Å²) in [6.45, 7) is 3.85. The van der Waals surface area contributed by atoms with E-state index in [0.717, 1.165) is 53.5 Å². The quantitative estimate of drug-likeness (QED) is 0.171. The Morgan fingerprint density at radius 2 is 2.00 bits per heavy atom. The van der Waals surface area contributed by atoms with Crippen LogP contribution in [0, 0.1) is 12.7 Å². The van der Waals surface area contributed by atoms with Crippen molar-refractivity contribution in [3.05, 3.63) is 69.8 Å². The average Bonchev–Trinajstić information content (AvgIpc) is 3.49. The molecule has 0 spiro atoms. The number of hydrogen-bond donors (Lipinski definition) is 3. The summed E-state index contributed by atoms with van der Waals surface area (Å²) in [7, 11) is 1.94. The highest BCUT2D eigenvalue weighted by Crippen LogP contribution is 2.19. The van der Waals surface area contributed by atoms with Crippen LogP contribution in [0.4, 0.5) is 4.39 Å². The first kappa shape index (κ1) is 24.2. The number of rotatable bonds is 8. The molecule has 0 saturated carbocycles. The van der Waals surface area contributed by atoms with Gasteiger partial charge in [0.15, 0.2) is 11.8 Å². The lowest BCUT2D eigenvalue weighted by atomic mass is 10.1. The van der Waals surface area contributed by atoms with Crippen LogP contribution in [-0.2, 0) is 26.4 Å². The van der Waals surface area contributed by atoms with E-state index in [9.17, 15) is 4.39 Å². The molecule has 0 bridgehead atoms. The Bertz CT molecular complexity index is 1170. The number of nitrogens with zero attached hydrogens (tertiary/aromatic N) is 4. The molecule has 3 N–H and O–H groups in total. The first-order valence-electron chi connectivity index (χ1n) is 10.2. The van der Waals surface area contributed by atoms with Crippen molar-refractivity contribution in [2.45, 2.75) is 26.3 Å². The van der Waals surface area contributed by atoms with Gasteiger partial charge >= 0.3 is 0 Å². The normalized spacial score (nSPS) is 11.5. The number of nitrogens with one attached hydrogen (secondary N) is 3. The number of halogens is 2. The molecule has 4 aromatic rings. The standard InChI is InChI=1S/C22H26FN7S.HI/c1-15-28-29-21(30(15)2)14-27-22(25-10-8-18-4-3-11-31-18)24-9-7-16-13-26-20-12-17(23)5-6-19(16)20;/h3-6,11-13,26H,7-10,14H2,1-2H3,(H2,24,25,27);1H. The molecule has 0 amide bonds. The second-order valence-corrected chi connectivity index (χ2v) is 8.36. The third kappa shape index (κ3) is 6.06. The molecular weight excluding hydrogens is 540 g/mol. The number of fused-ring (bicyclic) bond motifs is 1. The van der Waals surface area contributed by atoms with Crippen molar-refractivity contribution < 1.29 is 4.39 Å². The first-order chi connectivity index (χ1) is 15.1. The van der Waals surface area contributed by atoms with Crippen LogP contribution in [0.3, 0.4) is 0 Å². The van der Waals surface area contributed by atoms with Gasteiger partial charge in [0, 0.05) is 42.1 Å². The minimum Gasteiger partial charge on any atom is -0.361 e. The average molecular weight is 567 g/mol. The highest BCUT2D eigenvalue weighted by atomic mass is 127. The van der Waals surface area contributed by atoms with Crippen molar-refractivity contribution in [3.8, 4) is 0 Å². The molecule has 32 heavy (non-hydrogen) atoms. The minimum absolute atomic E-state index is 0. The SMILES string of the molecule is Cc1nnc(CN=C(NCCc2cccs2)NCCc2c[nH]c3cc(F)ccc23)n1C.I. The van der Waals surface area contributed by atoms with E-state index in [-0.39, 0.29) is 29.8 Å². The Labute approximate surface area is 207 Å². The monoisotopic (exact) mass is 567 g/mol. The van der Waals surface area contributed by atoms with Gasteiger partial charge in [-0.3, -0.25) is 0 Å². The molecule has 0 aliphatic carbocycles. The summed E-state index contributed by atoms with van der Waals surface area (Å²) in [4.78, 5) is 9.17. The van der Waals surface area contributed by atoms with Crippen LogP contribution in [0.2, 0.25) is 0 Å². The van der Waals surface area contributed by atoms with E-state index in [1.807, 2.05) is 30.8 Å². The summed E-state index contributed by atoms with van der Waals surface area (Å²) in [5.74, 6) is 2.18. The molecular formula is C22H27FIN7S. The Balaban J connectivity index is 0.00000289. The molecule has 0 atom stereocenters. The zero-order valence-corrected chi connectivity index (χ0v) is 21.2. The van der Waals surface area contributed by atoms with Crippen LogP contribution in [0.25, 0.3) is 10.9 Å². The largest absolute Gasteiger partial charge is 0.361 e. The summed E-state index contributed by atoms with van der Waals surface area (Å²) < 4.78 is 15.4. The van der Waals surface area contributed by atoms with E-state index in [1.54, 1.807) is 11.3 Å². The second-order valence-electron chi connectivity index (χ2n) is 7.32. The van der Waals surface area contributed by atoms with Crippen molar-refractivity contribution in [2.24, 2.45) is 12.0 Å². The van der Waals surface area contributed by atoms with Gasteiger partial charge in [0.2, 0.25) is 0 Å². The molecule has 3 aromatic heterocycles. The van der Waals surface area contributed by atoms with E-state index in [2.05, 4.69) is 43.3 Å². The summed E-state index contributed by atoms with van der Waals surface area (Å²) in [5, 5.41) is 18.2. The number of aromatic amines is 1. The highest BCUT2D eigenvalue weighted by Gasteiger charge is 2.07. The summed E-state index contributed by atoms with van der Waals surface area (Å²) in [6, 6.07) is 9.04. The number of hydrogen-bond acceptors (Lipinski definition) is 4. The van der Waals surface area contributed by atoms with Gasteiger partial charge in [0.25, 0.3) is 0 Å². The summed E-state index contributed by atoms with van der Waals surface area (Å²) >= 11 is 1.76. The van der Waals surface area contributed by atoms with E-state index in [0.29, 0.717) is 13.1 Å². The molecule has 0 saturated heterocycles. The number of H-pyrrole nitrogens is 1. The topological polar surface area (TPSA) is 82.9 Å². The Morgan fingerprint density at radius 3 is 2.72 bits per heavy atom. The maximum atomic E-state index is 13.4. The zero-order valence-electron chi connectivity index (χ0n) is 18.1. The van der Waals surface area contributed by atoms with Gasteiger partial charge in [-0.15, -0.1) is 45.5 Å². The highest BCUT2D eigenvalue weighted by molar-refractivity contribution is 14.0. The van der Waals surface area contributed by atoms with Gasteiger partial charge in [-0.1, -0.05) is 6.07 Å². The molecule has 0 aliphatic rings. The van der Waals surface area contributed by atoms with Gasteiger partial charge in [-0.25, -0.2) is 9.38 Å². The van der Waals surface area contributed by atoms with Gasteiger partial charge < -0.3 is 20.2 Å². The Kier molecular flexibility index (Phi) is 8.62. The smallest absolute Gasteiger partial charge is 0.191 e. The third-order valence-corrected chi connectivity index (χ3v) is 6.16. The van der Waals surface area contributed by atoms with Gasteiger partial charge in [0.1, 0.15) is 18.2 Å². The fourth-order valence-electron chi connectivity index (χ4n) is 3.35. The number of aryl methyl sites for hydroxylation is 1. The maximum Gasteiger partial charge on any atom is 0.191 e. The second kappa shape index (κ2) is 11.4. The van der Waals surface area contributed by atoms with Crippen LogP contribution in [0.5, 0.6) is 0 Å². The number of benzene rings is 1. The zero-order chi connectivity index (χ0) is 21.6. The maximum absolute atomic E-state index is 13.4. The third-order valence-electron chi connectivity index (χ3n) is 5.22. The number of aliphatic imine (C=N–C) groups is 1. The van der Waals surface area contributed by atoms with Crippen LogP contribution >= 0.6 is 35.3 Å². The van der Waals surface area contributed by atoms with Crippen molar-refractivity contribution in [2.75, 3.05) is 13.1 Å². The molecule has 0 radical (unpaired) electrons. The van der Waals surface area contributed by atoms with Crippen LogP contribution in [0.1, 0.15) is 22.1 Å².